The van der Waals surface area contributed by atoms with Crippen molar-refractivity contribution in [2.45, 2.75) is 19.8 Å². The largest absolute Gasteiger partial charge is 0.321 e. The van der Waals surface area contributed by atoms with Crippen LogP contribution >= 0.6 is 11.3 Å². The Morgan fingerprint density at radius 1 is 0.923 bits per heavy atom. The number of hydrogen-bond acceptors (Lipinski definition) is 4. The summed E-state index contributed by atoms with van der Waals surface area (Å²) in [7, 11) is 0. The zero-order valence-corrected chi connectivity index (χ0v) is 15.3. The van der Waals surface area contributed by atoms with Crippen LogP contribution in [-0.4, -0.2) is 16.8 Å². The van der Waals surface area contributed by atoms with Crippen LogP contribution in [-0.2, 0) is 0 Å². The van der Waals surface area contributed by atoms with Crippen molar-refractivity contribution in [3.05, 3.63) is 76.8 Å². The number of anilines is 2. The molecule has 0 bridgehead atoms. The summed E-state index contributed by atoms with van der Waals surface area (Å²) in [4.78, 5) is 29.4. The van der Waals surface area contributed by atoms with Crippen LogP contribution < -0.4 is 10.6 Å². The van der Waals surface area contributed by atoms with E-state index in [9.17, 15) is 9.59 Å². The highest BCUT2D eigenvalue weighted by Crippen LogP contribution is 2.23. The Bertz CT molecular complexity index is 920. The Morgan fingerprint density at radius 2 is 1.62 bits per heavy atom. The first-order chi connectivity index (χ1) is 12.5. The van der Waals surface area contributed by atoms with Gasteiger partial charge >= 0.3 is 0 Å². The van der Waals surface area contributed by atoms with Crippen LogP contribution in [0.1, 0.15) is 46.2 Å². The first kappa shape index (κ1) is 17.8. The Morgan fingerprint density at radius 3 is 2.31 bits per heavy atom. The van der Waals surface area contributed by atoms with Crippen LogP contribution in [0.4, 0.5) is 10.8 Å². The highest BCUT2D eigenvalue weighted by atomic mass is 32.1. The minimum Gasteiger partial charge on any atom is -0.321 e. The monoisotopic (exact) mass is 365 g/mol. The second-order valence-electron chi connectivity index (χ2n) is 6.05. The number of amides is 2. The number of nitrogens with zero attached hydrogens (tertiary/aromatic N) is 1. The Balaban J connectivity index is 1.77. The Hall–Kier alpha value is -2.99. The van der Waals surface area contributed by atoms with Crippen LogP contribution in [0.3, 0.4) is 0 Å². The van der Waals surface area contributed by atoms with Crippen LogP contribution in [0.5, 0.6) is 0 Å². The van der Waals surface area contributed by atoms with Gasteiger partial charge in [0.05, 0.1) is 16.9 Å². The Labute approximate surface area is 156 Å². The second kappa shape index (κ2) is 7.93. The molecule has 2 aromatic carbocycles. The number of hydrogen-bond donors (Lipinski definition) is 2. The van der Waals surface area contributed by atoms with E-state index in [1.54, 1.807) is 48.5 Å². The van der Waals surface area contributed by atoms with Crippen molar-refractivity contribution in [2.75, 3.05) is 10.6 Å². The standard InChI is InChI=1S/C20H19N3O2S/c1-13(2)17-12-26-20(22-17)23-19(25)15-10-6-7-11-16(15)21-18(24)14-8-4-3-5-9-14/h3-13H,1-2H3,(H,21,24)(H,22,23,25). The SMILES string of the molecule is CC(C)c1csc(NC(=O)c2ccccc2NC(=O)c2ccccc2)n1. The topological polar surface area (TPSA) is 71.1 Å². The molecule has 3 aromatic rings. The van der Waals surface area contributed by atoms with Gasteiger partial charge in [-0.2, -0.15) is 0 Å². The fourth-order valence-corrected chi connectivity index (χ4v) is 3.21. The number of carbonyl (C=O) groups is 2. The molecular formula is C20H19N3O2S. The molecule has 0 radical (unpaired) electrons. The number of nitrogens with one attached hydrogen (secondary N) is 2. The third-order valence-corrected chi connectivity index (χ3v) is 4.57. The van der Waals surface area contributed by atoms with E-state index in [1.807, 2.05) is 11.4 Å². The molecule has 6 heteroatoms. The molecule has 1 aromatic heterocycles. The van der Waals surface area contributed by atoms with Gasteiger partial charge in [-0.05, 0) is 30.2 Å². The van der Waals surface area contributed by atoms with Crippen LogP contribution in [0.15, 0.2) is 60.0 Å². The molecule has 26 heavy (non-hydrogen) atoms. The molecule has 3 rings (SSSR count). The van der Waals surface area contributed by atoms with E-state index in [-0.39, 0.29) is 11.8 Å². The quantitative estimate of drug-likeness (QED) is 0.684. The van der Waals surface area contributed by atoms with Crippen molar-refractivity contribution in [3.63, 3.8) is 0 Å². The third-order valence-electron chi connectivity index (χ3n) is 3.79. The molecule has 0 saturated carbocycles. The van der Waals surface area contributed by atoms with Gasteiger partial charge in [-0.25, -0.2) is 4.98 Å². The number of thiazole rings is 1. The van der Waals surface area contributed by atoms with Crippen molar-refractivity contribution in [1.29, 1.82) is 0 Å². The minimum atomic E-state index is -0.307. The molecule has 2 amide bonds. The van der Waals surface area contributed by atoms with Gasteiger partial charge in [-0.1, -0.05) is 44.2 Å². The first-order valence-corrected chi connectivity index (χ1v) is 9.15. The van der Waals surface area contributed by atoms with Crippen molar-refractivity contribution in [3.8, 4) is 0 Å². The number of benzene rings is 2. The summed E-state index contributed by atoms with van der Waals surface area (Å²) in [5.74, 6) is -0.268. The van der Waals surface area contributed by atoms with E-state index in [0.717, 1.165) is 5.69 Å². The number of aromatic nitrogens is 1. The van der Waals surface area contributed by atoms with E-state index in [2.05, 4.69) is 29.5 Å². The molecule has 0 fully saturated rings. The molecule has 0 spiro atoms. The summed E-state index contributed by atoms with van der Waals surface area (Å²) < 4.78 is 0. The van der Waals surface area contributed by atoms with Gasteiger partial charge in [-0.3, -0.25) is 14.9 Å². The van der Waals surface area contributed by atoms with Gasteiger partial charge in [0, 0.05) is 10.9 Å². The molecule has 2 N–H and O–H groups in total. The number of rotatable bonds is 5. The maximum atomic E-state index is 12.6. The van der Waals surface area contributed by atoms with E-state index in [0.29, 0.717) is 27.9 Å². The summed E-state index contributed by atoms with van der Waals surface area (Å²) in [5, 5.41) is 8.08. The minimum absolute atomic E-state index is 0.262. The lowest BCUT2D eigenvalue weighted by molar-refractivity contribution is 0.102. The van der Waals surface area contributed by atoms with E-state index < -0.39 is 0 Å². The lowest BCUT2D eigenvalue weighted by Crippen LogP contribution is -2.18. The lowest BCUT2D eigenvalue weighted by atomic mass is 10.1. The molecule has 5 nitrogen and oxygen atoms in total. The summed E-state index contributed by atoms with van der Waals surface area (Å²) in [6.07, 6.45) is 0. The molecule has 0 unspecified atom stereocenters. The van der Waals surface area contributed by atoms with Gasteiger partial charge in [0.2, 0.25) is 0 Å². The number of para-hydroxylation sites is 1. The maximum absolute atomic E-state index is 12.6. The van der Waals surface area contributed by atoms with Gasteiger partial charge in [-0.15, -0.1) is 11.3 Å². The van der Waals surface area contributed by atoms with E-state index in [1.165, 1.54) is 11.3 Å². The zero-order valence-electron chi connectivity index (χ0n) is 14.5. The fraction of sp³-hybridized carbons (Fsp3) is 0.150. The smallest absolute Gasteiger partial charge is 0.259 e. The molecule has 0 aliphatic carbocycles. The van der Waals surface area contributed by atoms with Gasteiger partial charge < -0.3 is 5.32 Å². The normalized spacial score (nSPS) is 10.6. The summed E-state index contributed by atoms with van der Waals surface area (Å²) in [5.41, 5.74) is 2.32. The fourth-order valence-electron chi connectivity index (χ4n) is 2.35. The summed E-state index contributed by atoms with van der Waals surface area (Å²) in [6.45, 7) is 4.10. The molecule has 0 saturated heterocycles. The molecular weight excluding hydrogens is 346 g/mol. The molecule has 132 valence electrons. The van der Waals surface area contributed by atoms with Crippen molar-refractivity contribution < 1.29 is 9.59 Å². The number of carbonyl (C=O) groups excluding carboxylic acids is 2. The van der Waals surface area contributed by atoms with Crippen molar-refractivity contribution in [2.24, 2.45) is 0 Å². The second-order valence-corrected chi connectivity index (χ2v) is 6.91. The van der Waals surface area contributed by atoms with Gasteiger partial charge in [0.1, 0.15) is 0 Å². The lowest BCUT2D eigenvalue weighted by Gasteiger charge is -2.10. The molecule has 1 heterocycles. The summed E-state index contributed by atoms with van der Waals surface area (Å²) >= 11 is 1.39. The van der Waals surface area contributed by atoms with Crippen LogP contribution in [0, 0.1) is 0 Å². The van der Waals surface area contributed by atoms with Gasteiger partial charge in [0.15, 0.2) is 5.13 Å². The Kier molecular flexibility index (Phi) is 5.43. The van der Waals surface area contributed by atoms with Gasteiger partial charge in [0.25, 0.3) is 11.8 Å². The van der Waals surface area contributed by atoms with E-state index in [4.69, 9.17) is 0 Å². The van der Waals surface area contributed by atoms with E-state index >= 15 is 0 Å². The molecule has 0 aliphatic heterocycles. The van der Waals surface area contributed by atoms with Crippen molar-refractivity contribution in [1.82, 2.24) is 4.98 Å². The first-order valence-electron chi connectivity index (χ1n) is 8.27. The van der Waals surface area contributed by atoms with Crippen LogP contribution in [0.2, 0.25) is 0 Å². The highest BCUT2D eigenvalue weighted by Gasteiger charge is 2.16. The predicted octanol–water partition coefficient (Wildman–Crippen LogP) is 4.77. The highest BCUT2D eigenvalue weighted by molar-refractivity contribution is 7.14. The van der Waals surface area contributed by atoms with Crippen LogP contribution in [0.25, 0.3) is 0 Å². The third kappa shape index (κ3) is 4.15. The maximum Gasteiger partial charge on any atom is 0.259 e. The zero-order chi connectivity index (χ0) is 18.5. The molecule has 0 aliphatic rings. The molecule has 0 atom stereocenters. The van der Waals surface area contributed by atoms with Crippen molar-refractivity contribution >= 4 is 34.0 Å². The average molecular weight is 365 g/mol. The predicted molar refractivity (Wildman–Crippen MR) is 105 cm³/mol. The summed E-state index contributed by atoms with van der Waals surface area (Å²) in [6, 6.07) is 15.8. The average Bonchev–Trinajstić information content (AvgIpc) is 3.11.